The van der Waals surface area contributed by atoms with Gasteiger partial charge in [0.25, 0.3) is 0 Å². The molecule has 112 valence electrons. The van der Waals surface area contributed by atoms with E-state index < -0.39 is 0 Å². The van der Waals surface area contributed by atoms with Crippen molar-refractivity contribution in [1.29, 1.82) is 0 Å². The molecule has 1 aromatic carbocycles. The van der Waals surface area contributed by atoms with Crippen LogP contribution < -0.4 is 9.47 Å². The van der Waals surface area contributed by atoms with Crippen LogP contribution in [0.3, 0.4) is 0 Å². The van der Waals surface area contributed by atoms with Crippen molar-refractivity contribution in [3.8, 4) is 11.5 Å². The Morgan fingerprint density at radius 3 is 2.60 bits per heavy atom. The molecular weight excluding hydrogens is 369 g/mol. The summed E-state index contributed by atoms with van der Waals surface area (Å²) in [5, 5.41) is 0. The number of morpholine rings is 1. The molecule has 0 radical (unpaired) electrons. The smallest absolute Gasteiger partial charge is 0.174 e. The second kappa shape index (κ2) is 8.05. The zero-order valence-corrected chi connectivity index (χ0v) is 14.3. The van der Waals surface area contributed by atoms with Crippen LogP contribution in [0.2, 0.25) is 0 Å². The average molecular weight is 391 g/mol. The van der Waals surface area contributed by atoms with Gasteiger partial charge in [0, 0.05) is 13.1 Å². The van der Waals surface area contributed by atoms with Crippen LogP contribution >= 0.6 is 22.6 Å². The number of rotatable bonds is 6. The van der Waals surface area contributed by atoms with E-state index in [4.69, 9.17) is 14.2 Å². The number of hydrogen-bond acceptors (Lipinski definition) is 4. The first kappa shape index (κ1) is 15.9. The number of benzene rings is 1. The van der Waals surface area contributed by atoms with Gasteiger partial charge >= 0.3 is 0 Å². The number of halogens is 1. The number of ether oxygens (including phenoxy) is 3. The summed E-state index contributed by atoms with van der Waals surface area (Å²) < 4.78 is 17.2. The summed E-state index contributed by atoms with van der Waals surface area (Å²) in [6, 6.07) is 4.27. The highest BCUT2D eigenvalue weighted by atomic mass is 127. The zero-order valence-electron chi connectivity index (χ0n) is 12.2. The van der Waals surface area contributed by atoms with E-state index >= 15 is 0 Å². The lowest BCUT2D eigenvalue weighted by atomic mass is 10.1. The fourth-order valence-corrected chi connectivity index (χ4v) is 3.33. The summed E-state index contributed by atoms with van der Waals surface area (Å²) in [5.74, 6) is 1.64. The van der Waals surface area contributed by atoms with Crippen LogP contribution in [0, 0.1) is 3.57 Å². The molecule has 1 aliphatic heterocycles. The number of methoxy groups -OCH3 is 2. The predicted molar refractivity (Wildman–Crippen MR) is 87.8 cm³/mol. The molecule has 2 rings (SSSR count). The number of nitrogens with zero attached hydrogens (tertiary/aromatic N) is 1. The maximum atomic E-state index is 5.40. The third-order valence-electron chi connectivity index (χ3n) is 3.54. The van der Waals surface area contributed by atoms with Gasteiger partial charge in [-0.2, -0.15) is 0 Å². The van der Waals surface area contributed by atoms with Crippen molar-refractivity contribution in [1.82, 2.24) is 4.90 Å². The van der Waals surface area contributed by atoms with E-state index in [-0.39, 0.29) is 0 Å². The Hall–Kier alpha value is -0.530. The summed E-state index contributed by atoms with van der Waals surface area (Å²) in [6.45, 7) is 4.99. The van der Waals surface area contributed by atoms with Crippen molar-refractivity contribution in [3.63, 3.8) is 0 Å². The lowest BCUT2D eigenvalue weighted by molar-refractivity contribution is 0.0374. The van der Waals surface area contributed by atoms with Crippen LogP contribution in [0.15, 0.2) is 12.1 Å². The van der Waals surface area contributed by atoms with E-state index in [0.717, 1.165) is 60.8 Å². The van der Waals surface area contributed by atoms with Crippen LogP contribution in [0.4, 0.5) is 0 Å². The lowest BCUT2D eigenvalue weighted by Gasteiger charge is -2.26. The highest BCUT2D eigenvalue weighted by molar-refractivity contribution is 14.1. The summed E-state index contributed by atoms with van der Waals surface area (Å²) >= 11 is 2.30. The van der Waals surface area contributed by atoms with Gasteiger partial charge < -0.3 is 14.2 Å². The van der Waals surface area contributed by atoms with Crippen LogP contribution in [-0.2, 0) is 11.2 Å². The van der Waals surface area contributed by atoms with Crippen LogP contribution in [0.5, 0.6) is 11.5 Å². The molecule has 0 N–H and O–H groups in total. The van der Waals surface area contributed by atoms with Crippen LogP contribution in [0.1, 0.15) is 12.0 Å². The van der Waals surface area contributed by atoms with Crippen molar-refractivity contribution in [3.05, 3.63) is 21.3 Å². The predicted octanol–water partition coefficient (Wildman–Crippen LogP) is 2.57. The van der Waals surface area contributed by atoms with Crippen molar-refractivity contribution in [2.75, 3.05) is 47.1 Å². The summed E-state index contributed by atoms with van der Waals surface area (Å²) in [7, 11) is 3.36. The zero-order chi connectivity index (χ0) is 14.4. The van der Waals surface area contributed by atoms with Gasteiger partial charge in [0.15, 0.2) is 11.5 Å². The molecular formula is C15H22INO3. The van der Waals surface area contributed by atoms with Crippen molar-refractivity contribution in [2.24, 2.45) is 0 Å². The molecule has 4 nitrogen and oxygen atoms in total. The molecule has 0 aliphatic carbocycles. The van der Waals surface area contributed by atoms with Gasteiger partial charge in [0.05, 0.1) is 31.0 Å². The molecule has 1 saturated heterocycles. The first-order valence-corrected chi connectivity index (χ1v) is 8.03. The molecule has 0 saturated carbocycles. The van der Waals surface area contributed by atoms with Gasteiger partial charge in [0.1, 0.15) is 0 Å². The minimum Gasteiger partial charge on any atom is -0.493 e. The second-order valence-electron chi connectivity index (χ2n) is 4.87. The monoisotopic (exact) mass is 391 g/mol. The Morgan fingerprint density at radius 2 is 1.95 bits per heavy atom. The van der Waals surface area contributed by atoms with Crippen LogP contribution in [0.25, 0.3) is 0 Å². The minimum atomic E-state index is 0.820. The Morgan fingerprint density at radius 1 is 1.20 bits per heavy atom. The van der Waals surface area contributed by atoms with Gasteiger partial charge in [-0.05, 0) is 59.7 Å². The summed E-state index contributed by atoms with van der Waals surface area (Å²) in [5.41, 5.74) is 1.31. The molecule has 20 heavy (non-hydrogen) atoms. The van der Waals surface area contributed by atoms with Gasteiger partial charge in [-0.15, -0.1) is 0 Å². The largest absolute Gasteiger partial charge is 0.493 e. The first-order valence-electron chi connectivity index (χ1n) is 6.95. The van der Waals surface area contributed by atoms with E-state index in [1.807, 2.05) is 0 Å². The lowest BCUT2D eigenvalue weighted by Crippen LogP contribution is -2.36. The normalized spacial score (nSPS) is 16.1. The van der Waals surface area contributed by atoms with E-state index in [2.05, 4.69) is 39.6 Å². The van der Waals surface area contributed by atoms with Crippen LogP contribution in [-0.4, -0.2) is 52.0 Å². The number of hydrogen-bond donors (Lipinski definition) is 0. The maximum absolute atomic E-state index is 5.40. The topological polar surface area (TPSA) is 30.9 Å². The Balaban J connectivity index is 1.90. The van der Waals surface area contributed by atoms with E-state index in [1.54, 1.807) is 14.2 Å². The second-order valence-corrected chi connectivity index (χ2v) is 6.03. The summed E-state index contributed by atoms with van der Waals surface area (Å²) in [6.07, 6.45) is 2.22. The van der Waals surface area contributed by atoms with Gasteiger partial charge in [0.2, 0.25) is 0 Å². The fourth-order valence-electron chi connectivity index (χ4n) is 2.45. The fraction of sp³-hybridized carbons (Fsp3) is 0.600. The summed E-state index contributed by atoms with van der Waals surface area (Å²) in [4.78, 5) is 2.47. The van der Waals surface area contributed by atoms with E-state index in [0.29, 0.717) is 0 Å². The maximum Gasteiger partial charge on any atom is 0.174 e. The third kappa shape index (κ3) is 4.23. The molecule has 0 aromatic heterocycles. The van der Waals surface area contributed by atoms with Crippen molar-refractivity contribution >= 4 is 22.6 Å². The molecule has 0 bridgehead atoms. The standard InChI is InChI=1S/C15H22INO3/c1-18-14-11-12(10-13(16)15(14)19-2)4-3-5-17-6-8-20-9-7-17/h10-11H,3-9H2,1-2H3. The molecule has 0 unspecified atom stereocenters. The van der Waals surface area contributed by atoms with Gasteiger partial charge in [-0.3, -0.25) is 4.90 Å². The van der Waals surface area contributed by atoms with E-state index in [1.165, 1.54) is 5.56 Å². The van der Waals surface area contributed by atoms with Crippen molar-refractivity contribution < 1.29 is 14.2 Å². The van der Waals surface area contributed by atoms with Gasteiger partial charge in [-0.25, -0.2) is 0 Å². The quantitative estimate of drug-likeness (QED) is 0.698. The molecule has 1 fully saturated rings. The Labute approximate surface area is 134 Å². The molecule has 1 heterocycles. The molecule has 0 atom stereocenters. The number of aryl methyl sites for hydroxylation is 1. The molecule has 5 heteroatoms. The van der Waals surface area contributed by atoms with Crippen molar-refractivity contribution in [2.45, 2.75) is 12.8 Å². The first-order chi connectivity index (χ1) is 9.74. The molecule has 0 spiro atoms. The molecule has 0 amide bonds. The Kier molecular flexibility index (Phi) is 6.38. The highest BCUT2D eigenvalue weighted by Gasteiger charge is 2.12. The minimum absolute atomic E-state index is 0.820. The average Bonchev–Trinajstić information content (AvgIpc) is 2.47. The molecule has 1 aliphatic rings. The molecule has 1 aromatic rings. The Bertz CT molecular complexity index is 433. The van der Waals surface area contributed by atoms with Gasteiger partial charge in [-0.1, -0.05) is 0 Å². The van der Waals surface area contributed by atoms with E-state index in [9.17, 15) is 0 Å². The SMILES string of the molecule is COc1cc(CCCN2CCOCC2)cc(I)c1OC. The third-order valence-corrected chi connectivity index (χ3v) is 4.34. The highest BCUT2D eigenvalue weighted by Crippen LogP contribution is 2.33.